The monoisotopic (exact) mass is 328 g/mol. The van der Waals surface area contributed by atoms with Gasteiger partial charge in [0, 0.05) is 18.2 Å². The minimum atomic E-state index is -0.215. The number of hydrogen-bond donors (Lipinski definition) is 0. The van der Waals surface area contributed by atoms with E-state index in [0.29, 0.717) is 12.2 Å². The van der Waals surface area contributed by atoms with E-state index in [1.165, 1.54) is 16.7 Å². The first kappa shape index (κ1) is 16.7. The van der Waals surface area contributed by atoms with Gasteiger partial charge in [0.15, 0.2) is 0 Å². The quantitative estimate of drug-likeness (QED) is 0.865. The molecule has 0 spiro atoms. The predicted molar refractivity (Wildman–Crippen MR) is 90.4 cm³/mol. The third-order valence-corrected chi connectivity index (χ3v) is 4.50. The summed E-state index contributed by atoms with van der Waals surface area (Å²) in [5.74, 6) is 0.747. The van der Waals surface area contributed by atoms with Crippen LogP contribution in [0.15, 0.2) is 28.8 Å². The van der Waals surface area contributed by atoms with Gasteiger partial charge in [0.1, 0.15) is 18.1 Å². The van der Waals surface area contributed by atoms with Crippen molar-refractivity contribution in [1.82, 2.24) is 10.1 Å². The van der Waals surface area contributed by atoms with E-state index < -0.39 is 0 Å². The Kier molecular flexibility index (Phi) is 4.45. The summed E-state index contributed by atoms with van der Waals surface area (Å²) in [6.45, 7) is 9.09. The fourth-order valence-corrected chi connectivity index (χ4v) is 3.25. The Hall–Kier alpha value is -2.14. The van der Waals surface area contributed by atoms with Gasteiger partial charge in [0.05, 0.1) is 6.61 Å². The first-order valence-corrected chi connectivity index (χ1v) is 8.24. The smallest absolute Gasteiger partial charge is 0.249 e. The zero-order valence-electron chi connectivity index (χ0n) is 14.8. The van der Waals surface area contributed by atoms with Crippen LogP contribution < -0.4 is 0 Å². The molecule has 2 heterocycles. The maximum absolute atomic E-state index is 12.7. The first-order valence-electron chi connectivity index (χ1n) is 8.24. The molecule has 0 aliphatic carbocycles. The number of fused-ring (bicyclic) bond motifs is 1. The number of nitrogens with zero attached hydrogens (tertiary/aromatic N) is 2. The lowest BCUT2D eigenvalue weighted by atomic mass is 9.85. The number of amides is 1. The molecular formula is C19H24N2O3. The van der Waals surface area contributed by atoms with Crippen LogP contribution in [0.2, 0.25) is 0 Å². The molecule has 24 heavy (non-hydrogen) atoms. The molecule has 1 amide bonds. The van der Waals surface area contributed by atoms with Gasteiger partial charge in [0.2, 0.25) is 5.91 Å². The number of ether oxygens (including phenoxy) is 1. The van der Waals surface area contributed by atoms with Crippen LogP contribution in [0, 0.1) is 13.8 Å². The zero-order chi connectivity index (χ0) is 17.3. The van der Waals surface area contributed by atoms with E-state index in [-0.39, 0.29) is 24.7 Å². The van der Waals surface area contributed by atoms with Gasteiger partial charge < -0.3 is 14.2 Å². The molecule has 0 bridgehead atoms. The summed E-state index contributed by atoms with van der Waals surface area (Å²) in [5.41, 5.74) is 4.27. The number of carbonyl (C=O) groups is 1. The van der Waals surface area contributed by atoms with Crippen molar-refractivity contribution in [2.45, 2.75) is 52.8 Å². The molecule has 0 saturated heterocycles. The van der Waals surface area contributed by atoms with Gasteiger partial charge in [-0.25, -0.2) is 0 Å². The van der Waals surface area contributed by atoms with E-state index >= 15 is 0 Å². The van der Waals surface area contributed by atoms with Gasteiger partial charge in [-0.2, -0.15) is 0 Å². The fraction of sp³-hybridized carbons (Fsp3) is 0.474. The highest BCUT2D eigenvalue weighted by Crippen LogP contribution is 2.31. The molecule has 2 aromatic rings. The van der Waals surface area contributed by atoms with E-state index in [0.717, 1.165) is 12.2 Å². The molecule has 1 aliphatic heterocycles. The molecule has 5 heteroatoms. The summed E-state index contributed by atoms with van der Waals surface area (Å²) in [7, 11) is 0. The lowest BCUT2D eigenvalue weighted by Crippen LogP contribution is -2.52. The van der Waals surface area contributed by atoms with Crippen LogP contribution in [0.3, 0.4) is 0 Å². The van der Waals surface area contributed by atoms with Crippen molar-refractivity contribution < 1.29 is 14.1 Å². The van der Waals surface area contributed by atoms with Crippen molar-refractivity contribution >= 4 is 5.91 Å². The Morgan fingerprint density at radius 3 is 2.79 bits per heavy atom. The van der Waals surface area contributed by atoms with Crippen molar-refractivity contribution in [3.8, 4) is 0 Å². The summed E-state index contributed by atoms with van der Waals surface area (Å²) in [6, 6.07) is 8.30. The van der Waals surface area contributed by atoms with E-state index in [1.54, 1.807) is 0 Å². The molecule has 0 atom stereocenters. The molecule has 128 valence electrons. The van der Waals surface area contributed by atoms with Crippen LogP contribution in [0.5, 0.6) is 0 Å². The second-order valence-corrected chi connectivity index (χ2v) is 7.16. The summed E-state index contributed by atoms with van der Waals surface area (Å²) in [6.07, 6.45) is 0.858. The van der Waals surface area contributed by atoms with Gasteiger partial charge in [-0.3, -0.25) is 4.79 Å². The molecule has 0 saturated carbocycles. The van der Waals surface area contributed by atoms with Crippen LogP contribution >= 0.6 is 0 Å². The summed E-state index contributed by atoms with van der Waals surface area (Å²) >= 11 is 0. The first-order chi connectivity index (χ1) is 11.3. The number of aryl methyl sites for hydroxylation is 2. The minimum Gasteiger partial charge on any atom is -0.365 e. The fourth-order valence-electron chi connectivity index (χ4n) is 3.25. The standard InChI is InChI=1S/C19H24N2O3/c1-13-5-6-15-9-19(3,4)21(10-16(15)7-13)18(22)12-23-11-17-8-14(2)24-20-17/h5-8H,9-12H2,1-4H3. The Morgan fingerprint density at radius 2 is 2.08 bits per heavy atom. The average molecular weight is 328 g/mol. The van der Waals surface area contributed by atoms with Crippen LogP contribution in [-0.4, -0.2) is 28.1 Å². The van der Waals surface area contributed by atoms with E-state index in [2.05, 4.69) is 44.1 Å². The predicted octanol–water partition coefficient (Wildman–Crippen LogP) is 3.17. The highest BCUT2D eigenvalue weighted by molar-refractivity contribution is 5.78. The van der Waals surface area contributed by atoms with Gasteiger partial charge in [-0.15, -0.1) is 0 Å². The Morgan fingerprint density at radius 1 is 1.29 bits per heavy atom. The summed E-state index contributed by atoms with van der Waals surface area (Å²) in [5, 5.41) is 3.87. The SMILES string of the molecule is Cc1ccc2c(c1)CN(C(=O)COCc1cc(C)on1)C(C)(C)C2. The lowest BCUT2D eigenvalue weighted by molar-refractivity contribution is -0.143. The van der Waals surface area contributed by atoms with Crippen LogP contribution in [0.4, 0.5) is 0 Å². The summed E-state index contributed by atoms with van der Waals surface area (Å²) in [4.78, 5) is 14.6. The molecule has 0 N–H and O–H groups in total. The third-order valence-electron chi connectivity index (χ3n) is 4.50. The largest absolute Gasteiger partial charge is 0.365 e. The summed E-state index contributed by atoms with van der Waals surface area (Å²) < 4.78 is 10.5. The van der Waals surface area contributed by atoms with Crippen LogP contribution in [-0.2, 0) is 29.1 Å². The molecule has 1 aliphatic rings. The molecule has 1 aromatic heterocycles. The van der Waals surface area contributed by atoms with Gasteiger partial charge in [-0.1, -0.05) is 28.9 Å². The molecule has 5 nitrogen and oxygen atoms in total. The van der Waals surface area contributed by atoms with Crippen molar-refractivity contribution in [2.24, 2.45) is 0 Å². The van der Waals surface area contributed by atoms with Crippen molar-refractivity contribution in [3.63, 3.8) is 0 Å². The van der Waals surface area contributed by atoms with Crippen molar-refractivity contribution in [2.75, 3.05) is 6.61 Å². The van der Waals surface area contributed by atoms with E-state index in [4.69, 9.17) is 9.26 Å². The topological polar surface area (TPSA) is 55.6 Å². The Balaban J connectivity index is 1.65. The zero-order valence-corrected chi connectivity index (χ0v) is 14.8. The number of benzene rings is 1. The minimum absolute atomic E-state index is 0.00683. The normalized spacial score (nSPS) is 16.1. The van der Waals surface area contributed by atoms with E-state index in [9.17, 15) is 4.79 Å². The highest BCUT2D eigenvalue weighted by Gasteiger charge is 2.35. The Labute approximate surface area is 142 Å². The van der Waals surface area contributed by atoms with Crippen LogP contribution in [0.25, 0.3) is 0 Å². The molecule has 3 rings (SSSR count). The lowest BCUT2D eigenvalue weighted by Gasteiger charge is -2.43. The second-order valence-electron chi connectivity index (χ2n) is 7.16. The van der Waals surface area contributed by atoms with Crippen molar-refractivity contribution in [1.29, 1.82) is 0 Å². The number of carbonyl (C=O) groups excluding carboxylic acids is 1. The van der Waals surface area contributed by atoms with Crippen LogP contribution in [0.1, 0.15) is 42.0 Å². The van der Waals surface area contributed by atoms with Gasteiger partial charge in [-0.05, 0) is 45.2 Å². The average Bonchev–Trinajstić information content (AvgIpc) is 2.92. The second kappa shape index (κ2) is 6.40. The molecule has 0 fully saturated rings. The number of aromatic nitrogens is 1. The molecule has 0 unspecified atom stereocenters. The highest BCUT2D eigenvalue weighted by atomic mass is 16.5. The van der Waals surface area contributed by atoms with E-state index in [1.807, 2.05) is 17.9 Å². The molecule has 1 aromatic carbocycles. The van der Waals surface area contributed by atoms with Crippen molar-refractivity contribution in [3.05, 3.63) is 52.4 Å². The maximum Gasteiger partial charge on any atom is 0.249 e. The molecular weight excluding hydrogens is 304 g/mol. The third kappa shape index (κ3) is 3.51. The molecule has 0 radical (unpaired) electrons. The number of rotatable bonds is 4. The maximum atomic E-state index is 12.7. The van der Waals surface area contributed by atoms with Gasteiger partial charge in [0.25, 0.3) is 0 Å². The Bertz CT molecular complexity index is 749. The number of hydrogen-bond acceptors (Lipinski definition) is 4. The van der Waals surface area contributed by atoms with Gasteiger partial charge >= 0.3 is 0 Å².